The third-order valence-corrected chi connectivity index (χ3v) is 3.39. The fraction of sp³-hybridized carbons (Fsp3) is 0.154. The van der Waals surface area contributed by atoms with Crippen LogP contribution in [0, 0.1) is 0 Å². The Hall–Kier alpha value is -2.14. The normalized spacial score (nSPS) is 17.4. The van der Waals surface area contributed by atoms with Crippen LogP contribution in [-0.2, 0) is 6.42 Å². The predicted molar refractivity (Wildman–Crippen MR) is 69.3 cm³/mol. The predicted octanol–water partition coefficient (Wildman–Crippen LogP) is 2.45. The summed E-state index contributed by atoms with van der Waals surface area (Å²) >= 11 is 5.92. The molecule has 1 aliphatic rings. The number of nitrogens with zero attached hydrogens (tertiary/aromatic N) is 4. The van der Waals surface area contributed by atoms with Gasteiger partial charge in [-0.05, 0) is 23.8 Å². The minimum Gasteiger partial charge on any atom is -0.482 e. The van der Waals surface area contributed by atoms with Crippen molar-refractivity contribution in [3.63, 3.8) is 0 Å². The molecule has 19 heavy (non-hydrogen) atoms. The van der Waals surface area contributed by atoms with Crippen molar-refractivity contribution in [2.24, 2.45) is 0 Å². The molecular formula is C13H9ClN4O. The van der Waals surface area contributed by atoms with E-state index in [1.54, 1.807) is 16.6 Å². The molecule has 0 fully saturated rings. The second-order valence-corrected chi connectivity index (χ2v) is 4.79. The first kappa shape index (κ1) is 10.8. The van der Waals surface area contributed by atoms with Crippen LogP contribution in [0.3, 0.4) is 0 Å². The molecule has 3 aromatic rings. The van der Waals surface area contributed by atoms with E-state index in [1.165, 1.54) is 5.56 Å². The van der Waals surface area contributed by atoms with Gasteiger partial charge in [-0.25, -0.2) is 0 Å². The Balaban J connectivity index is 1.79. The fourth-order valence-electron chi connectivity index (χ4n) is 2.31. The van der Waals surface area contributed by atoms with E-state index < -0.39 is 0 Å². The second-order valence-electron chi connectivity index (χ2n) is 4.40. The Morgan fingerprint density at radius 1 is 1.16 bits per heavy atom. The smallest absolute Gasteiger partial charge is 0.195 e. The zero-order valence-electron chi connectivity index (χ0n) is 9.82. The Bertz CT molecular complexity index is 745. The van der Waals surface area contributed by atoms with Crippen molar-refractivity contribution in [1.82, 2.24) is 19.8 Å². The van der Waals surface area contributed by atoms with Crippen molar-refractivity contribution < 1.29 is 4.74 Å². The largest absolute Gasteiger partial charge is 0.482 e. The van der Waals surface area contributed by atoms with E-state index in [1.807, 2.05) is 18.2 Å². The van der Waals surface area contributed by atoms with Gasteiger partial charge in [-0.1, -0.05) is 29.8 Å². The maximum atomic E-state index is 5.92. The highest BCUT2D eigenvalue weighted by Gasteiger charge is 2.28. The van der Waals surface area contributed by atoms with Crippen LogP contribution >= 0.6 is 11.6 Å². The Morgan fingerprint density at radius 2 is 2.05 bits per heavy atom. The van der Waals surface area contributed by atoms with Gasteiger partial charge in [0.15, 0.2) is 17.6 Å². The van der Waals surface area contributed by atoms with Gasteiger partial charge in [-0.3, -0.25) is 0 Å². The third kappa shape index (κ3) is 1.66. The molecule has 1 aliphatic heterocycles. The molecule has 2 aromatic heterocycles. The number of aromatic nitrogens is 4. The van der Waals surface area contributed by atoms with Crippen molar-refractivity contribution in [1.29, 1.82) is 0 Å². The molecule has 0 saturated heterocycles. The van der Waals surface area contributed by atoms with E-state index in [0.717, 1.165) is 12.2 Å². The van der Waals surface area contributed by atoms with E-state index in [-0.39, 0.29) is 6.10 Å². The molecule has 0 aliphatic carbocycles. The fourth-order valence-corrected chi connectivity index (χ4v) is 2.45. The van der Waals surface area contributed by atoms with Crippen molar-refractivity contribution in [3.05, 3.63) is 52.9 Å². The van der Waals surface area contributed by atoms with E-state index in [0.29, 0.717) is 16.6 Å². The summed E-state index contributed by atoms with van der Waals surface area (Å²) in [5.41, 5.74) is 1.84. The van der Waals surface area contributed by atoms with Gasteiger partial charge in [0.2, 0.25) is 0 Å². The van der Waals surface area contributed by atoms with Crippen LogP contribution in [0.1, 0.15) is 17.5 Å². The van der Waals surface area contributed by atoms with Crippen LogP contribution in [0.25, 0.3) is 5.65 Å². The molecule has 0 N–H and O–H groups in total. The molecule has 1 aromatic carbocycles. The number of fused-ring (bicyclic) bond motifs is 2. The zero-order chi connectivity index (χ0) is 12.8. The SMILES string of the molecule is Clc1ccc2nnc(C3Cc4ccccc4O3)n2n1. The maximum Gasteiger partial charge on any atom is 0.195 e. The first-order chi connectivity index (χ1) is 9.31. The number of halogens is 1. The number of hydrogen-bond acceptors (Lipinski definition) is 4. The number of rotatable bonds is 1. The molecule has 0 amide bonds. The molecule has 0 spiro atoms. The standard InChI is InChI=1S/C13H9ClN4O/c14-11-5-6-12-15-16-13(18(12)17-11)10-7-8-3-1-2-4-9(8)19-10/h1-6,10H,7H2. The summed E-state index contributed by atoms with van der Waals surface area (Å²) in [6.45, 7) is 0. The molecule has 94 valence electrons. The van der Waals surface area contributed by atoms with Gasteiger partial charge < -0.3 is 4.74 Å². The molecule has 0 radical (unpaired) electrons. The van der Waals surface area contributed by atoms with Gasteiger partial charge in [0.1, 0.15) is 10.9 Å². The summed E-state index contributed by atoms with van der Waals surface area (Å²) in [5.74, 6) is 1.57. The average Bonchev–Trinajstić information content (AvgIpc) is 3.00. The molecule has 0 bridgehead atoms. The van der Waals surface area contributed by atoms with Gasteiger partial charge in [-0.2, -0.15) is 9.61 Å². The summed E-state index contributed by atoms with van der Waals surface area (Å²) in [6, 6.07) is 11.4. The molecular weight excluding hydrogens is 264 g/mol. The van der Waals surface area contributed by atoms with Crippen LogP contribution in [-0.4, -0.2) is 19.8 Å². The molecule has 3 heterocycles. The summed E-state index contributed by atoms with van der Waals surface area (Å²) < 4.78 is 7.53. The number of para-hydroxylation sites is 1. The highest BCUT2D eigenvalue weighted by Crippen LogP contribution is 2.35. The lowest BCUT2D eigenvalue weighted by atomic mass is 10.1. The molecule has 6 heteroatoms. The van der Waals surface area contributed by atoms with Crippen LogP contribution in [0.4, 0.5) is 0 Å². The highest BCUT2D eigenvalue weighted by atomic mass is 35.5. The van der Waals surface area contributed by atoms with Crippen molar-refractivity contribution in [2.45, 2.75) is 12.5 Å². The minimum atomic E-state index is -0.168. The third-order valence-electron chi connectivity index (χ3n) is 3.19. The van der Waals surface area contributed by atoms with Gasteiger partial charge in [0.05, 0.1) is 0 Å². The van der Waals surface area contributed by atoms with Gasteiger partial charge in [0.25, 0.3) is 0 Å². The molecule has 0 saturated carbocycles. The van der Waals surface area contributed by atoms with Gasteiger partial charge in [0, 0.05) is 6.42 Å². The van der Waals surface area contributed by atoms with Crippen molar-refractivity contribution in [3.8, 4) is 5.75 Å². The van der Waals surface area contributed by atoms with E-state index in [4.69, 9.17) is 16.3 Å². The lowest BCUT2D eigenvalue weighted by Gasteiger charge is -2.07. The molecule has 1 atom stereocenters. The van der Waals surface area contributed by atoms with Gasteiger partial charge in [-0.15, -0.1) is 10.2 Å². The second kappa shape index (κ2) is 3.93. The summed E-state index contributed by atoms with van der Waals surface area (Å²) in [6.07, 6.45) is 0.601. The topological polar surface area (TPSA) is 52.3 Å². The summed E-state index contributed by atoms with van der Waals surface area (Å²) in [5, 5.41) is 12.9. The maximum absolute atomic E-state index is 5.92. The van der Waals surface area contributed by atoms with Gasteiger partial charge >= 0.3 is 0 Å². The first-order valence-corrected chi connectivity index (χ1v) is 6.31. The Kier molecular flexibility index (Phi) is 2.22. The quantitative estimate of drug-likeness (QED) is 0.683. The highest BCUT2D eigenvalue weighted by molar-refractivity contribution is 6.29. The molecule has 5 nitrogen and oxygen atoms in total. The number of hydrogen-bond donors (Lipinski definition) is 0. The summed E-state index contributed by atoms with van der Waals surface area (Å²) in [7, 11) is 0. The van der Waals surface area contributed by atoms with Crippen LogP contribution in [0.5, 0.6) is 5.75 Å². The van der Waals surface area contributed by atoms with Crippen molar-refractivity contribution in [2.75, 3.05) is 0 Å². The first-order valence-electron chi connectivity index (χ1n) is 5.94. The average molecular weight is 273 g/mol. The monoisotopic (exact) mass is 272 g/mol. The van der Waals surface area contributed by atoms with E-state index in [2.05, 4.69) is 21.4 Å². The Morgan fingerprint density at radius 3 is 2.95 bits per heavy atom. The number of ether oxygens (including phenoxy) is 1. The lowest BCUT2D eigenvalue weighted by molar-refractivity contribution is 0.224. The van der Waals surface area contributed by atoms with Crippen molar-refractivity contribution >= 4 is 17.2 Å². The van der Waals surface area contributed by atoms with E-state index in [9.17, 15) is 0 Å². The van der Waals surface area contributed by atoms with Crippen LogP contribution in [0.2, 0.25) is 5.15 Å². The summed E-state index contributed by atoms with van der Waals surface area (Å²) in [4.78, 5) is 0. The zero-order valence-corrected chi connectivity index (χ0v) is 10.6. The van der Waals surface area contributed by atoms with Crippen LogP contribution < -0.4 is 4.74 Å². The van der Waals surface area contributed by atoms with Crippen LogP contribution in [0.15, 0.2) is 36.4 Å². The Labute approximate surface area is 113 Å². The molecule has 4 rings (SSSR count). The number of benzene rings is 1. The molecule has 1 unspecified atom stereocenters. The lowest BCUT2D eigenvalue weighted by Crippen LogP contribution is -2.10. The minimum absolute atomic E-state index is 0.168. The van der Waals surface area contributed by atoms with E-state index >= 15 is 0 Å².